The second-order valence-corrected chi connectivity index (χ2v) is 7.68. The molecule has 0 bridgehead atoms. The molecule has 3 heterocycles. The van der Waals surface area contributed by atoms with E-state index in [4.69, 9.17) is 20.4 Å². The predicted octanol–water partition coefficient (Wildman–Crippen LogP) is 0.801. The Bertz CT molecular complexity index is 1230. The number of nitrogens with zero attached hydrogens (tertiary/aromatic N) is 3. The van der Waals surface area contributed by atoms with E-state index in [1.165, 1.54) is 4.90 Å². The molecule has 4 N–H and O–H groups in total. The fraction of sp³-hybridized carbons (Fsp3) is 0.261. The van der Waals surface area contributed by atoms with Gasteiger partial charge in [0, 0.05) is 5.69 Å². The van der Waals surface area contributed by atoms with Crippen LogP contribution < -0.4 is 16.0 Å². The molecule has 5 rings (SSSR count). The standard InChI is InChI=1S/C23H24N6O2/c24-21-19(23(30)25-10-11-28-12-14-31-15-13-28)20-22(29(21)16-6-2-1-3-7-16)27-18-9-5-4-8-17(18)26-20/h1-9H,10-15,24H2,(H,25,30)/p+1. The lowest BCUT2D eigenvalue weighted by atomic mass is 10.2. The molecule has 0 radical (unpaired) electrons. The minimum absolute atomic E-state index is 0.227. The Labute approximate surface area is 179 Å². The number of fused-ring (bicyclic) bond motifs is 2. The molecular weight excluding hydrogens is 392 g/mol. The molecular formula is C23H25N6O2+. The van der Waals surface area contributed by atoms with Crippen molar-refractivity contribution in [3.8, 4) is 5.69 Å². The van der Waals surface area contributed by atoms with Gasteiger partial charge < -0.3 is 20.7 Å². The minimum Gasteiger partial charge on any atom is -0.384 e. The number of anilines is 1. The van der Waals surface area contributed by atoms with Crippen LogP contribution in [0.25, 0.3) is 27.9 Å². The number of quaternary nitrogens is 1. The maximum Gasteiger partial charge on any atom is 0.257 e. The summed E-state index contributed by atoms with van der Waals surface area (Å²) in [6, 6.07) is 17.3. The number of rotatable bonds is 5. The third kappa shape index (κ3) is 3.71. The molecule has 0 atom stereocenters. The van der Waals surface area contributed by atoms with E-state index >= 15 is 0 Å². The Kier molecular flexibility index (Phi) is 5.23. The van der Waals surface area contributed by atoms with Crippen LogP contribution in [0.2, 0.25) is 0 Å². The lowest BCUT2D eigenvalue weighted by Crippen LogP contribution is -3.14. The fourth-order valence-corrected chi connectivity index (χ4v) is 4.08. The highest BCUT2D eigenvalue weighted by molar-refractivity contribution is 6.11. The molecule has 8 heteroatoms. The number of ether oxygens (including phenoxy) is 1. The van der Waals surface area contributed by atoms with Gasteiger partial charge in [0.1, 0.15) is 30.0 Å². The quantitative estimate of drug-likeness (QED) is 0.446. The lowest BCUT2D eigenvalue weighted by molar-refractivity contribution is -0.906. The Morgan fingerprint density at radius 3 is 2.45 bits per heavy atom. The van der Waals surface area contributed by atoms with Crippen molar-refractivity contribution in [1.82, 2.24) is 19.9 Å². The first-order valence-corrected chi connectivity index (χ1v) is 10.5. The van der Waals surface area contributed by atoms with Crippen LogP contribution >= 0.6 is 0 Å². The SMILES string of the molecule is Nc1c(C(=O)NCC[NH+]2CCOCC2)c2nc3ccccc3nc2n1-c1ccccc1. The first kappa shape index (κ1) is 19.5. The van der Waals surface area contributed by atoms with Crippen LogP contribution in [0, 0.1) is 0 Å². The Morgan fingerprint density at radius 2 is 1.71 bits per heavy atom. The number of nitrogens with two attached hydrogens (primary N) is 1. The number of carbonyl (C=O) groups excluding carboxylic acids is 1. The molecule has 0 saturated carbocycles. The van der Waals surface area contributed by atoms with Gasteiger partial charge in [0.25, 0.3) is 5.91 Å². The van der Waals surface area contributed by atoms with Crippen LogP contribution in [0.5, 0.6) is 0 Å². The van der Waals surface area contributed by atoms with E-state index in [1.54, 1.807) is 4.57 Å². The van der Waals surface area contributed by atoms with E-state index in [0.29, 0.717) is 29.1 Å². The molecule has 0 unspecified atom stereocenters. The number of amides is 1. The molecule has 8 nitrogen and oxygen atoms in total. The monoisotopic (exact) mass is 417 g/mol. The summed E-state index contributed by atoms with van der Waals surface area (Å²) in [5, 5.41) is 3.03. The van der Waals surface area contributed by atoms with Crippen LogP contribution in [-0.2, 0) is 4.74 Å². The largest absolute Gasteiger partial charge is 0.384 e. The maximum absolute atomic E-state index is 13.2. The van der Waals surface area contributed by atoms with Gasteiger partial charge in [-0.05, 0) is 24.3 Å². The summed E-state index contributed by atoms with van der Waals surface area (Å²) in [5.74, 6) is 0.113. The van der Waals surface area contributed by atoms with Crippen molar-refractivity contribution in [1.29, 1.82) is 0 Å². The van der Waals surface area contributed by atoms with Crippen molar-refractivity contribution < 1.29 is 14.4 Å². The normalized spacial score (nSPS) is 14.8. The summed E-state index contributed by atoms with van der Waals surface area (Å²) in [5.41, 5.74) is 10.3. The van der Waals surface area contributed by atoms with E-state index in [-0.39, 0.29) is 5.91 Å². The Hall–Kier alpha value is -3.49. The van der Waals surface area contributed by atoms with Crippen LogP contribution in [0.3, 0.4) is 0 Å². The second kappa shape index (κ2) is 8.33. The number of hydrogen-bond acceptors (Lipinski definition) is 5. The fourth-order valence-electron chi connectivity index (χ4n) is 4.08. The van der Waals surface area contributed by atoms with Crippen LogP contribution in [0.4, 0.5) is 5.82 Å². The molecule has 1 saturated heterocycles. The molecule has 158 valence electrons. The molecule has 31 heavy (non-hydrogen) atoms. The molecule has 1 amide bonds. The van der Waals surface area contributed by atoms with Crippen LogP contribution in [0.15, 0.2) is 54.6 Å². The van der Waals surface area contributed by atoms with Crippen LogP contribution in [0.1, 0.15) is 10.4 Å². The molecule has 0 aliphatic carbocycles. The minimum atomic E-state index is -0.227. The third-order valence-electron chi connectivity index (χ3n) is 5.70. The topological polar surface area (TPSA) is 99.5 Å². The van der Waals surface area contributed by atoms with Gasteiger partial charge in [-0.1, -0.05) is 30.3 Å². The van der Waals surface area contributed by atoms with Gasteiger partial charge in [-0.25, -0.2) is 9.97 Å². The van der Waals surface area contributed by atoms with E-state index in [9.17, 15) is 4.79 Å². The highest BCUT2D eigenvalue weighted by Gasteiger charge is 2.25. The number of aromatic nitrogens is 3. The van der Waals surface area contributed by atoms with Crippen molar-refractivity contribution >= 4 is 33.9 Å². The number of para-hydroxylation sites is 3. The van der Waals surface area contributed by atoms with Gasteiger partial charge in [-0.2, -0.15) is 0 Å². The van der Waals surface area contributed by atoms with E-state index in [2.05, 4.69) is 5.32 Å². The van der Waals surface area contributed by atoms with Gasteiger partial charge in [-0.3, -0.25) is 9.36 Å². The molecule has 0 spiro atoms. The van der Waals surface area contributed by atoms with Crippen molar-refractivity contribution in [2.45, 2.75) is 0 Å². The highest BCUT2D eigenvalue weighted by Crippen LogP contribution is 2.30. The number of benzene rings is 2. The number of nitrogen functional groups attached to an aromatic ring is 1. The summed E-state index contributed by atoms with van der Waals surface area (Å²) < 4.78 is 7.20. The predicted molar refractivity (Wildman–Crippen MR) is 119 cm³/mol. The number of hydrogen-bond donors (Lipinski definition) is 3. The van der Waals surface area contributed by atoms with Crippen LogP contribution in [-0.4, -0.2) is 59.8 Å². The van der Waals surface area contributed by atoms with Crippen molar-refractivity contribution in [2.24, 2.45) is 0 Å². The Morgan fingerprint density at radius 1 is 1.03 bits per heavy atom. The molecule has 1 aliphatic heterocycles. The summed E-state index contributed by atoms with van der Waals surface area (Å²) in [4.78, 5) is 24.2. The number of nitrogens with one attached hydrogen (secondary N) is 2. The van der Waals surface area contributed by atoms with E-state index in [0.717, 1.165) is 49.6 Å². The van der Waals surface area contributed by atoms with Crippen molar-refractivity contribution in [2.75, 3.05) is 45.1 Å². The van der Waals surface area contributed by atoms with Crippen molar-refractivity contribution in [3.05, 3.63) is 60.2 Å². The third-order valence-corrected chi connectivity index (χ3v) is 5.70. The zero-order chi connectivity index (χ0) is 21.2. The van der Waals surface area contributed by atoms with Gasteiger partial charge in [0.15, 0.2) is 5.65 Å². The van der Waals surface area contributed by atoms with E-state index in [1.807, 2.05) is 54.6 Å². The molecule has 1 aliphatic rings. The van der Waals surface area contributed by atoms with Gasteiger partial charge in [0.05, 0.1) is 37.3 Å². The molecule has 1 fully saturated rings. The van der Waals surface area contributed by atoms with Gasteiger partial charge in [-0.15, -0.1) is 0 Å². The van der Waals surface area contributed by atoms with E-state index < -0.39 is 0 Å². The highest BCUT2D eigenvalue weighted by atomic mass is 16.5. The second-order valence-electron chi connectivity index (χ2n) is 7.68. The summed E-state index contributed by atoms with van der Waals surface area (Å²) in [7, 11) is 0. The summed E-state index contributed by atoms with van der Waals surface area (Å²) in [6.45, 7) is 4.87. The Balaban J connectivity index is 1.54. The first-order chi connectivity index (χ1) is 15.2. The average Bonchev–Trinajstić information content (AvgIpc) is 3.09. The summed E-state index contributed by atoms with van der Waals surface area (Å²) >= 11 is 0. The number of morpholine rings is 1. The summed E-state index contributed by atoms with van der Waals surface area (Å²) in [6.07, 6.45) is 0. The first-order valence-electron chi connectivity index (χ1n) is 10.5. The maximum atomic E-state index is 13.2. The van der Waals surface area contributed by atoms with Crippen molar-refractivity contribution in [3.63, 3.8) is 0 Å². The molecule has 2 aromatic heterocycles. The zero-order valence-electron chi connectivity index (χ0n) is 17.2. The number of carbonyl (C=O) groups is 1. The lowest BCUT2D eigenvalue weighted by Gasteiger charge is -2.23. The average molecular weight is 417 g/mol. The molecule has 4 aromatic rings. The van der Waals surface area contributed by atoms with Gasteiger partial charge in [0.2, 0.25) is 0 Å². The van der Waals surface area contributed by atoms with Gasteiger partial charge >= 0.3 is 0 Å². The zero-order valence-corrected chi connectivity index (χ0v) is 17.2. The molecule has 2 aromatic carbocycles. The smallest absolute Gasteiger partial charge is 0.257 e.